The first-order valence-corrected chi connectivity index (χ1v) is 6.27. The van der Waals surface area contributed by atoms with Gasteiger partial charge in [0.1, 0.15) is 10.8 Å². The molecule has 0 saturated heterocycles. The maximum Gasteiger partial charge on any atom is 0.410 e. The number of hydrogen-bond acceptors (Lipinski definition) is 3. The maximum atomic E-state index is 12.0. The molecule has 18 heavy (non-hydrogen) atoms. The Hall–Kier alpha value is -1.29. The fraction of sp³-hybridized carbons (Fsp3) is 0.538. The lowest BCUT2D eigenvalue weighted by Crippen LogP contribution is -2.33. The standard InChI is InChI=1S/C13H17ClN2O2/c1-8-5-11(14)15-10-7-16(6-9(8)10)12(17)18-13(2,3)4/h5H,6-7H2,1-4H3. The molecule has 0 radical (unpaired) electrons. The second kappa shape index (κ2) is 4.43. The molecule has 0 N–H and O–H groups in total. The summed E-state index contributed by atoms with van der Waals surface area (Å²) in [6.45, 7) is 8.55. The number of ether oxygens (including phenoxy) is 1. The second-order valence-corrected chi connectivity index (χ2v) is 5.91. The smallest absolute Gasteiger partial charge is 0.410 e. The van der Waals surface area contributed by atoms with Crippen LogP contribution in [-0.4, -0.2) is 21.6 Å². The molecule has 2 rings (SSSR count). The van der Waals surface area contributed by atoms with Crippen LogP contribution in [0.15, 0.2) is 6.07 Å². The van der Waals surface area contributed by atoms with E-state index in [9.17, 15) is 4.79 Å². The highest BCUT2D eigenvalue weighted by Crippen LogP contribution is 2.27. The fourth-order valence-electron chi connectivity index (χ4n) is 1.95. The molecule has 0 aliphatic carbocycles. The molecule has 1 aromatic heterocycles. The first kappa shape index (κ1) is 13.1. The average Bonchev–Trinajstić information content (AvgIpc) is 2.58. The van der Waals surface area contributed by atoms with Gasteiger partial charge in [-0.25, -0.2) is 9.78 Å². The van der Waals surface area contributed by atoms with E-state index in [0.717, 1.165) is 16.8 Å². The van der Waals surface area contributed by atoms with E-state index in [-0.39, 0.29) is 6.09 Å². The lowest BCUT2D eigenvalue weighted by Gasteiger charge is -2.24. The van der Waals surface area contributed by atoms with Gasteiger partial charge in [0.15, 0.2) is 0 Å². The molecule has 0 bridgehead atoms. The minimum Gasteiger partial charge on any atom is -0.444 e. The molecule has 0 aromatic carbocycles. The third-order valence-corrected chi connectivity index (χ3v) is 2.94. The summed E-state index contributed by atoms with van der Waals surface area (Å²) in [5, 5.41) is 0.470. The van der Waals surface area contributed by atoms with Crippen LogP contribution >= 0.6 is 11.6 Å². The van der Waals surface area contributed by atoms with E-state index in [1.807, 2.05) is 33.8 Å². The zero-order valence-corrected chi connectivity index (χ0v) is 11.8. The van der Waals surface area contributed by atoms with Gasteiger partial charge in [-0.3, -0.25) is 4.90 Å². The Bertz CT molecular complexity index is 494. The Morgan fingerprint density at radius 1 is 1.44 bits per heavy atom. The van der Waals surface area contributed by atoms with Gasteiger partial charge in [-0.1, -0.05) is 11.6 Å². The molecule has 1 aliphatic heterocycles. The monoisotopic (exact) mass is 268 g/mol. The Kier molecular flexibility index (Phi) is 3.23. The van der Waals surface area contributed by atoms with Crippen molar-refractivity contribution in [3.8, 4) is 0 Å². The summed E-state index contributed by atoms with van der Waals surface area (Å²) in [6.07, 6.45) is -0.309. The number of aromatic nitrogens is 1. The molecule has 0 atom stereocenters. The molecule has 0 fully saturated rings. The van der Waals surface area contributed by atoms with Crippen molar-refractivity contribution in [2.24, 2.45) is 0 Å². The lowest BCUT2D eigenvalue weighted by atomic mass is 10.1. The molecule has 1 aromatic rings. The minimum absolute atomic E-state index is 0.309. The number of hydrogen-bond donors (Lipinski definition) is 0. The van der Waals surface area contributed by atoms with Crippen molar-refractivity contribution in [2.75, 3.05) is 0 Å². The summed E-state index contributed by atoms with van der Waals surface area (Å²) in [6, 6.07) is 1.82. The predicted octanol–water partition coefficient (Wildman–Crippen LogP) is 3.29. The topological polar surface area (TPSA) is 42.4 Å². The third kappa shape index (κ3) is 2.75. The van der Waals surface area contributed by atoms with E-state index in [4.69, 9.17) is 16.3 Å². The summed E-state index contributed by atoms with van der Waals surface area (Å²) in [4.78, 5) is 17.9. The van der Waals surface area contributed by atoms with Crippen molar-refractivity contribution >= 4 is 17.7 Å². The van der Waals surface area contributed by atoms with Gasteiger partial charge in [0.2, 0.25) is 0 Å². The average molecular weight is 269 g/mol. The minimum atomic E-state index is -0.480. The lowest BCUT2D eigenvalue weighted by molar-refractivity contribution is 0.0240. The van der Waals surface area contributed by atoms with Gasteiger partial charge in [0.05, 0.1) is 18.8 Å². The number of pyridine rings is 1. The second-order valence-electron chi connectivity index (χ2n) is 5.52. The number of nitrogens with zero attached hydrogens (tertiary/aromatic N) is 2. The van der Waals surface area contributed by atoms with Gasteiger partial charge in [0.25, 0.3) is 0 Å². The molecule has 0 spiro atoms. The van der Waals surface area contributed by atoms with Crippen molar-refractivity contribution in [1.82, 2.24) is 9.88 Å². The number of amides is 1. The van der Waals surface area contributed by atoms with E-state index < -0.39 is 5.60 Å². The SMILES string of the molecule is Cc1cc(Cl)nc2c1CN(C(=O)OC(C)(C)C)C2. The first-order chi connectivity index (χ1) is 8.26. The molecule has 0 saturated carbocycles. The first-order valence-electron chi connectivity index (χ1n) is 5.89. The van der Waals surface area contributed by atoms with Crippen molar-refractivity contribution in [3.05, 3.63) is 28.0 Å². The molecule has 2 heterocycles. The number of fused-ring (bicyclic) bond motifs is 1. The van der Waals surface area contributed by atoms with Crippen LogP contribution in [0.1, 0.15) is 37.6 Å². The summed E-state index contributed by atoms with van der Waals surface area (Å²) in [7, 11) is 0. The Balaban J connectivity index is 2.15. The summed E-state index contributed by atoms with van der Waals surface area (Å²) in [5.74, 6) is 0. The van der Waals surface area contributed by atoms with Crippen molar-refractivity contribution in [1.29, 1.82) is 0 Å². The number of aryl methyl sites for hydroxylation is 1. The van der Waals surface area contributed by atoms with Gasteiger partial charge in [-0.2, -0.15) is 0 Å². The summed E-state index contributed by atoms with van der Waals surface area (Å²) < 4.78 is 5.35. The van der Waals surface area contributed by atoms with E-state index in [1.165, 1.54) is 0 Å². The zero-order valence-electron chi connectivity index (χ0n) is 11.1. The van der Waals surface area contributed by atoms with Crippen molar-refractivity contribution in [3.63, 3.8) is 0 Å². The highest BCUT2D eigenvalue weighted by atomic mass is 35.5. The molecule has 98 valence electrons. The molecule has 4 nitrogen and oxygen atoms in total. The molecule has 5 heteroatoms. The van der Waals surface area contributed by atoms with Crippen LogP contribution in [0, 0.1) is 6.92 Å². The van der Waals surface area contributed by atoms with Crippen LogP contribution in [0.3, 0.4) is 0 Å². The number of rotatable bonds is 0. The fourth-order valence-corrected chi connectivity index (χ4v) is 2.22. The Labute approximate surface area is 112 Å². The number of carbonyl (C=O) groups is 1. The van der Waals surface area contributed by atoms with E-state index in [1.54, 1.807) is 4.90 Å². The largest absolute Gasteiger partial charge is 0.444 e. The zero-order chi connectivity index (χ0) is 13.5. The third-order valence-electron chi connectivity index (χ3n) is 2.74. The predicted molar refractivity (Wildman–Crippen MR) is 69.5 cm³/mol. The molecular formula is C13H17ClN2O2. The van der Waals surface area contributed by atoms with Gasteiger partial charge in [-0.15, -0.1) is 0 Å². The van der Waals surface area contributed by atoms with E-state index in [0.29, 0.717) is 18.2 Å². The van der Waals surface area contributed by atoms with Crippen molar-refractivity contribution in [2.45, 2.75) is 46.4 Å². The van der Waals surface area contributed by atoms with Crippen LogP contribution < -0.4 is 0 Å². The number of carbonyl (C=O) groups excluding carboxylic acids is 1. The highest BCUT2D eigenvalue weighted by molar-refractivity contribution is 6.29. The Morgan fingerprint density at radius 3 is 2.72 bits per heavy atom. The van der Waals surface area contributed by atoms with Crippen LogP contribution in [0.4, 0.5) is 4.79 Å². The quantitative estimate of drug-likeness (QED) is 0.678. The summed E-state index contributed by atoms with van der Waals surface area (Å²) >= 11 is 5.92. The normalized spacial score (nSPS) is 14.6. The van der Waals surface area contributed by atoms with Gasteiger partial charge < -0.3 is 4.74 Å². The Morgan fingerprint density at radius 2 is 2.11 bits per heavy atom. The highest BCUT2D eigenvalue weighted by Gasteiger charge is 2.29. The van der Waals surface area contributed by atoms with E-state index in [2.05, 4.69) is 4.98 Å². The van der Waals surface area contributed by atoms with E-state index >= 15 is 0 Å². The van der Waals surface area contributed by atoms with Crippen LogP contribution in [0.25, 0.3) is 0 Å². The molecular weight excluding hydrogens is 252 g/mol. The van der Waals surface area contributed by atoms with Gasteiger partial charge in [0, 0.05) is 0 Å². The van der Waals surface area contributed by atoms with Gasteiger partial charge >= 0.3 is 6.09 Å². The maximum absolute atomic E-state index is 12.0. The molecule has 1 amide bonds. The van der Waals surface area contributed by atoms with Crippen LogP contribution in [0.2, 0.25) is 5.15 Å². The molecule has 1 aliphatic rings. The van der Waals surface area contributed by atoms with Gasteiger partial charge in [-0.05, 0) is 44.9 Å². The summed E-state index contributed by atoms with van der Waals surface area (Å²) in [5.41, 5.74) is 2.53. The van der Waals surface area contributed by atoms with Crippen LogP contribution in [0.5, 0.6) is 0 Å². The van der Waals surface area contributed by atoms with Crippen LogP contribution in [-0.2, 0) is 17.8 Å². The number of halogens is 1. The van der Waals surface area contributed by atoms with Crippen molar-refractivity contribution < 1.29 is 9.53 Å². The molecule has 0 unspecified atom stereocenters.